The maximum atomic E-state index is 12.8. The summed E-state index contributed by atoms with van der Waals surface area (Å²) < 4.78 is 28.3. The van der Waals surface area contributed by atoms with Gasteiger partial charge in [0.2, 0.25) is 5.91 Å². The van der Waals surface area contributed by atoms with E-state index in [1.165, 1.54) is 15.2 Å². The number of carbonyl (C=O) groups is 1. The Kier molecular flexibility index (Phi) is 3.94. The fraction of sp³-hybridized carbons (Fsp3) is 0.769. The molecule has 1 unspecified atom stereocenters. The smallest absolute Gasteiger partial charge is 0.262 e. The number of hydrogen-bond donors (Lipinski definition) is 0. The molecular formula is C13H21N5O3S. The second-order valence-electron chi connectivity index (χ2n) is 6.01. The molecule has 122 valence electrons. The Morgan fingerprint density at radius 1 is 1.41 bits per heavy atom. The van der Waals surface area contributed by atoms with Gasteiger partial charge in [-0.05, 0) is 25.7 Å². The first-order chi connectivity index (χ1) is 10.4. The molecule has 9 heteroatoms. The van der Waals surface area contributed by atoms with E-state index in [-0.39, 0.29) is 17.0 Å². The summed E-state index contributed by atoms with van der Waals surface area (Å²) in [4.78, 5) is 13.6. The summed E-state index contributed by atoms with van der Waals surface area (Å²) in [6, 6.07) is 0.130. The molecule has 1 atom stereocenters. The lowest BCUT2D eigenvalue weighted by atomic mass is 10.2. The quantitative estimate of drug-likeness (QED) is 0.758. The maximum Gasteiger partial charge on any atom is 0.262 e. The number of nitrogens with zero attached hydrogens (tertiary/aromatic N) is 5. The van der Waals surface area contributed by atoms with Crippen LogP contribution in [0.3, 0.4) is 0 Å². The predicted molar refractivity (Wildman–Crippen MR) is 78.3 cm³/mol. The van der Waals surface area contributed by atoms with E-state index in [1.54, 1.807) is 14.0 Å². The molecule has 0 bridgehead atoms. The molecule has 1 saturated carbocycles. The van der Waals surface area contributed by atoms with Crippen LogP contribution in [0.15, 0.2) is 11.2 Å². The van der Waals surface area contributed by atoms with Crippen molar-refractivity contribution in [1.82, 2.24) is 24.2 Å². The van der Waals surface area contributed by atoms with Gasteiger partial charge >= 0.3 is 0 Å². The summed E-state index contributed by atoms with van der Waals surface area (Å²) in [5, 5.41) is 7.45. The Hall–Kier alpha value is -1.48. The third-order valence-corrected chi connectivity index (χ3v) is 6.37. The topological polar surface area (TPSA) is 88.4 Å². The van der Waals surface area contributed by atoms with Crippen molar-refractivity contribution >= 4 is 15.9 Å². The van der Waals surface area contributed by atoms with Gasteiger partial charge in [0.25, 0.3) is 10.0 Å². The van der Waals surface area contributed by atoms with Crippen LogP contribution in [0.5, 0.6) is 0 Å². The molecule has 22 heavy (non-hydrogen) atoms. The van der Waals surface area contributed by atoms with Gasteiger partial charge in [-0.25, -0.2) is 13.1 Å². The summed E-state index contributed by atoms with van der Waals surface area (Å²) in [7, 11) is -2.05. The summed E-state index contributed by atoms with van der Waals surface area (Å²) in [5.74, 6) is 0.0222. The van der Waals surface area contributed by atoms with Gasteiger partial charge in [-0.3, -0.25) is 4.79 Å². The Balaban J connectivity index is 1.81. The van der Waals surface area contributed by atoms with E-state index < -0.39 is 10.0 Å². The van der Waals surface area contributed by atoms with E-state index in [1.807, 2.05) is 4.90 Å². The second-order valence-corrected chi connectivity index (χ2v) is 7.85. The van der Waals surface area contributed by atoms with Crippen molar-refractivity contribution < 1.29 is 13.2 Å². The Labute approximate surface area is 130 Å². The average molecular weight is 327 g/mol. The van der Waals surface area contributed by atoms with Crippen molar-refractivity contribution in [1.29, 1.82) is 0 Å². The van der Waals surface area contributed by atoms with E-state index >= 15 is 0 Å². The van der Waals surface area contributed by atoms with Crippen LogP contribution in [0.4, 0.5) is 0 Å². The zero-order valence-corrected chi connectivity index (χ0v) is 13.7. The van der Waals surface area contributed by atoms with Crippen LogP contribution in [0.1, 0.15) is 32.6 Å². The summed E-state index contributed by atoms with van der Waals surface area (Å²) >= 11 is 0. The number of aryl methyl sites for hydroxylation is 1. The Bertz CT molecular complexity index is 667. The van der Waals surface area contributed by atoms with Crippen molar-refractivity contribution in [2.24, 2.45) is 7.05 Å². The first kappa shape index (κ1) is 15.4. The third kappa shape index (κ3) is 2.74. The molecule has 1 aliphatic carbocycles. The highest BCUT2D eigenvalue weighted by atomic mass is 32.2. The van der Waals surface area contributed by atoms with Crippen LogP contribution < -0.4 is 0 Å². The summed E-state index contributed by atoms with van der Waals surface area (Å²) in [6.07, 6.45) is 4.90. The number of rotatable bonds is 5. The highest BCUT2D eigenvalue weighted by Gasteiger charge is 2.40. The molecule has 1 amide bonds. The van der Waals surface area contributed by atoms with Gasteiger partial charge in [-0.1, -0.05) is 5.21 Å². The van der Waals surface area contributed by atoms with Gasteiger partial charge in [0.05, 0.1) is 6.20 Å². The van der Waals surface area contributed by atoms with Crippen LogP contribution >= 0.6 is 0 Å². The normalized spacial score (nSPS) is 22.9. The van der Waals surface area contributed by atoms with Gasteiger partial charge in [-0.15, -0.1) is 5.10 Å². The lowest BCUT2D eigenvalue weighted by molar-refractivity contribution is -0.129. The highest BCUT2D eigenvalue weighted by molar-refractivity contribution is 7.89. The molecule has 2 fully saturated rings. The Morgan fingerprint density at radius 2 is 2.14 bits per heavy atom. The standard InChI is InChI=1S/C13H21N5O3S/c1-10(19)17(11-5-6-11)9-12-4-3-7-18(12)22(20,21)13-8-14-15-16(13)2/h8,11-12H,3-7,9H2,1-2H3. The molecule has 0 spiro atoms. The first-order valence-electron chi connectivity index (χ1n) is 7.55. The SMILES string of the molecule is CC(=O)N(CC1CCCN1S(=O)(=O)c1cnnn1C)C1CC1. The van der Waals surface area contributed by atoms with Crippen LogP contribution in [0, 0.1) is 0 Å². The first-order valence-corrected chi connectivity index (χ1v) is 8.99. The van der Waals surface area contributed by atoms with Gasteiger partial charge < -0.3 is 4.90 Å². The van der Waals surface area contributed by atoms with E-state index in [0.29, 0.717) is 19.1 Å². The van der Waals surface area contributed by atoms with Crippen molar-refractivity contribution in [3.63, 3.8) is 0 Å². The Morgan fingerprint density at radius 3 is 2.68 bits per heavy atom. The minimum atomic E-state index is -3.62. The van der Waals surface area contributed by atoms with Gasteiger partial charge in [0.1, 0.15) is 0 Å². The van der Waals surface area contributed by atoms with Crippen LogP contribution in [-0.4, -0.2) is 63.7 Å². The van der Waals surface area contributed by atoms with E-state index in [9.17, 15) is 13.2 Å². The van der Waals surface area contributed by atoms with Crippen molar-refractivity contribution in [3.8, 4) is 0 Å². The van der Waals surface area contributed by atoms with Crippen LogP contribution in [0.25, 0.3) is 0 Å². The monoisotopic (exact) mass is 327 g/mol. The molecule has 0 radical (unpaired) electrons. The molecule has 1 aromatic heterocycles. The van der Waals surface area contributed by atoms with Crippen molar-refractivity contribution in [2.45, 2.75) is 49.7 Å². The molecule has 2 aliphatic rings. The lowest BCUT2D eigenvalue weighted by Crippen LogP contribution is -2.45. The lowest BCUT2D eigenvalue weighted by Gasteiger charge is -2.29. The average Bonchev–Trinajstić information content (AvgIpc) is 2.99. The van der Waals surface area contributed by atoms with E-state index in [4.69, 9.17) is 0 Å². The molecule has 3 rings (SSSR count). The molecule has 1 saturated heterocycles. The molecule has 1 aromatic rings. The second kappa shape index (κ2) is 5.62. The maximum absolute atomic E-state index is 12.8. The number of aromatic nitrogens is 3. The number of amides is 1. The number of hydrogen-bond acceptors (Lipinski definition) is 5. The minimum Gasteiger partial charge on any atom is -0.338 e. The fourth-order valence-corrected chi connectivity index (χ4v) is 4.82. The number of sulfonamides is 1. The highest BCUT2D eigenvalue weighted by Crippen LogP contribution is 2.31. The van der Waals surface area contributed by atoms with E-state index in [0.717, 1.165) is 25.7 Å². The zero-order chi connectivity index (χ0) is 15.9. The number of carbonyl (C=O) groups excluding carboxylic acids is 1. The summed E-state index contributed by atoms with van der Waals surface area (Å²) in [5.41, 5.74) is 0. The van der Waals surface area contributed by atoms with Crippen LogP contribution in [0.2, 0.25) is 0 Å². The van der Waals surface area contributed by atoms with E-state index in [2.05, 4.69) is 10.3 Å². The zero-order valence-electron chi connectivity index (χ0n) is 12.8. The summed E-state index contributed by atoms with van der Waals surface area (Å²) in [6.45, 7) is 2.51. The molecule has 2 heterocycles. The fourth-order valence-electron chi connectivity index (χ4n) is 3.09. The third-order valence-electron chi connectivity index (χ3n) is 4.37. The molecule has 0 aromatic carbocycles. The van der Waals surface area contributed by atoms with Crippen molar-refractivity contribution in [2.75, 3.05) is 13.1 Å². The minimum absolute atomic E-state index is 0.0222. The van der Waals surface area contributed by atoms with Gasteiger partial charge in [0.15, 0.2) is 5.03 Å². The van der Waals surface area contributed by atoms with Gasteiger partial charge in [-0.2, -0.15) is 4.31 Å². The molecular weight excluding hydrogens is 306 g/mol. The molecule has 1 aliphatic heterocycles. The van der Waals surface area contributed by atoms with Gasteiger partial charge in [0, 0.05) is 39.1 Å². The molecule has 0 N–H and O–H groups in total. The molecule has 8 nitrogen and oxygen atoms in total. The largest absolute Gasteiger partial charge is 0.338 e. The van der Waals surface area contributed by atoms with Crippen molar-refractivity contribution in [3.05, 3.63) is 6.20 Å². The van der Waals surface area contributed by atoms with Crippen LogP contribution in [-0.2, 0) is 21.9 Å². The predicted octanol–water partition coefficient (Wildman–Crippen LogP) is -0.0209.